The van der Waals surface area contributed by atoms with Crippen molar-refractivity contribution in [1.29, 1.82) is 0 Å². The monoisotopic (exact) mass is 491 g/mol. The fourth-order valence-electron chi connectivity index (χ4n) is 3.64. The van der Waals surface area contributed by atoms with Gasteiger partial charge in [0, 0.05) is 12.1 Å². The normalized spacial score (nSPS) is 13.7. The lowest BCUT2D eigenvalue weighted by atomic mass is 9.90. The number of phenolic OH excluding ortho intramolecular Hbond substituents is 1. The van der Waals surface area contributed by atoms with Crippen molar-refractivity contribution in [1.82, 2.24) is 15.5 Å². The maximum atomic E-state index is 14.1. The van der Waals surface area contributed by atoms with Crippen LogP contribution in [0.15, 0.2) is 24.3 Å². The van der Waals surface area contributed by atoms with Gasteiger partial charge in [-0.25, -0.2) is 4.79 Å². The fraction of sp³-hybridized carbons (Fsp3) is 0.667. The van der Waals surface area contributed by atoms with Gasteiger partial charge in [-0.3, -0.25) is 9.59 Å². The number of carbonyl (C=O) groups is 3. The number of benzene rings is 1. The smallest absolute Gasteiger partial charge is 0.408 e. The van der Waals surface area contributed by atoms with Crippen molar-refractivity contribution in [2.75, 3.05) is 6.54 Å². The van der Waals surface area contributed by atoms with Gasteiger partial charge in [-0.05, 0) is 71.1 Å². The van der Waals surface area contributed by atoms with E-state index in [1.807, 2.05) is 41.5 Å². The highest BCUT2D eigenvalue weighted by molar-refractivity contribution is 5.92. The molecule has 3 amide bonds. The van der Waals surface area contributed by atoms with E-state index >= 15 is 0 Å². The number of rotatable bonds is 11. The SMILES string of the molecule is CCCCNC(=O)C(c1cccc(O)c1)N(C(=O)C(NC(=O)OC(C)(C)C)C(C)C)C(C)(C)CC. The molecule has 8 heteroatoms. The van der Waals surface area contributed by atoms with Crippen LogP contribution < -0.4 is 10.6 Å². The first kappa shape index (κ1) is 30.3. The first-order valence-electron chi connectivity index (χ1n) is 12.5. The van der Waals surface area contributed by atoms with E-state index in [-0.39, 0.29) is 17.6 Å². The number of aromatic hydroxyl groups is 1. The lowest BCUT2D eigenvalue weighted by Crippen LogP contribution is -2.60. The van der Waals surface area contributed by atoms with E-state index in [9.17, 15) is 19.5 Å². The molecule has 35 heavy (non-hydrogen) atoms. The van der Waals surface area contributed by atoms with E-state index in [4.69, 9.17) is 4.74 Å². The van der Waals surface area contributed by atoms with Crippen LogP contribution in [-0.4, -0.2) is 51.6 Å². The van der Waals surface area contributed by atoms with E-state index in [0.29, 0.717) is 18.5 Å². The molecule has 198 valence electrons. The molecule has 0 bridgehead atoms. The van der Waals surface area contributed by atoms with Gasteiger partial charge < -0.3 is 25.4 Å². The molecule has 1 rings (SSSR count). The van der Waals surface area contributed by atoms with Crippen LogP contribution in [0, 0.1) is 5.92 Å². The zero-order chi connectivity index (χ0) is 27.0. The van der Waals surface area contributed by atoms with Gasteiger partial charge in [0.2, 0.25) is 11.8 Å². The van der Waals surface area contributed by atoms with Gasteiger partial charge in [-0.15, -0.1) is 0 Å². The highest BCUT2D eigenvalue weighted by Gasteiger charge is 2.43. The Morgan fingerprint density at radius 1 is 1.09 bits per heavy atom. The molecule has 0 radical (unpaired) electrons. The molecule has 0 saturated carbocycles. The number of hydrogen-bond donors (Lipinski definition) is 3. The molecule has 0 spiro atoms. The first-order chi connectivity index (χ1) is 16.1. The minimum absolute atomic E-state index is 0.00264. The zero-order valence-electron chi connectivity index (χ0n) is 22.9. The summed E-state index contributed by atoms with van der Waals surface area (Å²) in [5, 5.41) is 15.8. The molecule has 3 N–H and O–H groups in total. The van der Waals surface area contributed by atoms with E-state index < -0.39 is 35.2 Å². The van der Waals surface area contributed by atoms with Crippen molar-refractivity contribution in [2.45, 2.75) is 105 Å². The van der Waals surface area contributed by atoms with Gasteiger partial charge >= 0.3 is 6.09 Å². The van der Waals surface area contributed by atoms with Crippen LogP contribution >= 0.6 is 0 Å². The molecule has 0 heterocycles. The van der Waals surface area contributed by atoms with E-state index in [0.717, 1.165) is 12.8 Å². The maximum Gasteiger partial charge on any atom is 0.408 e. The molecule has 0 fully saturated rings. The molecule has 0 aliphatic heterocycles. The molecule has 2 unspecified atom stereocenters. The van der Waals surface area contributed by atoms with E-state index in [2.05, 4.69) is 10.6 Å². The van der Waals surface area contributed by atoms with Crippen LogP contribution in [0.3, 0.4) is 0 Å². The van der Waals surface area contributed by atoms with Crippen molar-refractivity contribution in [3.63, 3.8) is 0 Å². The predicted molar refractivity (Wildman–Crippen MR) is 138 cm³/mol. The van der Waals surface area contributed by atoms with Crippen LogP contribution in [0.5, 0.6) is 5.75 Å². The van der Waals surface area contributed by atoms with Gasteiger partial charge in [0.1, 0.15) is 23.4 Å². The van der Waals surface area contributed by atoms with Crippen LogP contribution in [0.2, 0.25) is 0 Å². The standard InChI is InChI=1S/C27H45N3O5/c1-10-12-16-28-23(32)22(19-14-13-15-20(31)17-19)30(27(8,9)11-2)24(33)21(18(3)4)29-25(34)35-26(5,6)7/h13-15,17-18,21-22,31H,10-12,16H2,1-9H3,(H,28,32)(H,29,34). The average molecular weight is 492 g/mol. The Hall–Kier alpha value is -2.77. The van der Waals surface area contributed by atoms with Crippen molar-refractivity contribution in [3.05, 3.63) is 29.8 Å². The van der Waals surface area contributed by atoms with Crippen LogP contribution in [0.1, 0.15) is 93.2 Å². The molecule has 0 saturated heterocycles. The number of alkyl carbamates (subject to hydrolysis) is 1. The number of amides is 3. The van der Waals surface area contributed by atoms with Crippen molar-refractivity contribution in [3.8, 4) is 5.75 Å². The number of nitrogens with one attached hydrogen (secondary N) is 2. The van der Waals surface area contributed by atoms with E-state index in [1.54, 1.807) is 37.8 Å². The van der Waals surface area contributed by atoms with Crippen LogP contribution in [0.25, 0.3) is 0 Å². The summed E-state index contributed by atoms with van der Waals surface area (Å²) in [4.78, 5) is 41.8. The van der Waals surface area contributed by atoms with E-state index in [1.165, 1.54) is 12.1 Å². The first-order valence-corrected chi connectivity index (χ1v) is 12.5. The van der Waals surface area contributed by atoms with Gasteiger partial charge in [0.05, 0.1) is 0 Å². The summed E-state index contributed by atoms with van der Waals surface area (Å²) >= 11 is 0. The van der Waals surface area contributed by atoms with Gasteiger partial charge in [-0.1, -0.05) is 46.2 Å². The number of hydrogen-bond acceptors (Lipinski definition) is 5. The molecule has 0 aliphatic rings. The second kappa shape index (κ2) is 12.8. The van der Waals surface area contributed by atoms with Gasteiger partial charge in [0.25, 0.3) is 0 Å². The summed E-state index contributed by atoms with van der Waals surface area (Å²) in [6, 6.07) is 4.48. The minimum atomic E-state index is -0.997. The summed E-state index contributed by atoms with van der Waals surface area (Å²) < 4.78 is 5.40. The second-order valence-electron chi connectivity index (χ2n) is 10.9. The third-order valence-electron chi connectivity index (χ3n) is 5.88. The summed E-state index contributed by atoms with van der Waals surface area (Å²) in [6.07, 6.45) is 1.58. The number of unbranched alkanes of at least 4 members (excludes halogenated alkanes) is 1. The lowest BCUT2D eigenvalue weighted by Gasteiger charge is -2.45. The summed E-state index contributed by atoms with van der Waals surface area (Å²) in [5.74, 6) is -0.989. The highest BCUT2D eigenvalue weighted by atomic mass is 16.6. The second-order valence-corrected chi connectivity index (χ2v) is 10.9. The molecular weight excluding hydrogens is 446 g/mol. The minimum Gasteiger partial charge on any atom is -0.508 e. The third kappa shape index (κ3) is 9.07. The van der Waals surface area contributed by atoms with Crippen LogP contribution in [0.4, 0.5) is 4.79 Å². The molecule has 1 aromatic carbocycles. The van der Waals surface area contributed by atoms with Crippen molar-refractivity contribution in [2.24, 2.45) is 5.92 Å². The fourth-order valence-corrected chi connectivity index (χ4v) is 3.64. The topological polar surface area (TPSA) is 108 Å². The molecular formula is C27H45N3O5. The maximum absolute atomic E-state index is 14.1. The Labute approximate surface area is 210 Å². The Morgan fingerprint density at radius 3 is 2.20 bits per heavy atom. The van der Waals surface area contributed by atoms with Crippen molar-refractivity contribution < 1.29 is 24.2 Å². The Balaban J connectivity index is 3.56. The average Bonchev–Trinajstić information content (AvgIpc) is 2.73. The Kier molecular flexibility index (Phi) is 11.1. The molecule has 2 atom stereocenters. The Morgan fingerprint density at radius 2 is 1.71 bits per heavy atom. The summed E-state index contributed by atoms with van der Waals surface area (Å²) in [6.45, 7) is 17.2. The van der Waals surface area contributed by atoms with Crippen molar-refractivity contribution >= 4 is 17.9 Å². The largest absolute Gasteiger partial charge is 0.508 e. The molecule has 8 nitrogen and oxygen atoms in total. The quantitative estimate of drug-likeness (QED) is 0.381. The lowest BCUT2D eigenvalue weighted by molar-refractivity contribution is -0.150. The van der Waals surface area contributed by atoms with Gasteiger partial charge in [-0.2, -0.15) is 0 Å². The zero-order valence-corrected chi connectivity index (χ0v) is 22.9. The highest BCUT2D eigenvalue weighted by Crippen LogP contribution is 2.34. The third-order valence-corrected chi connectivity index (χ3v) is 5.88. The number of phenols is 1. The summed E-state index contributed by atoms with van der Waals surface area (Å²) in [5.41, 5.74) is -0.966. The predicted octanol–water partition coefficient (Wildman–Crippen LogP) is 4.92. The van der Waals surface area contributed by atoms with Crippen LogP contribution in [-0.2, 0) is 14.3 Å². The molecule has 0 aromatic heterocycles. The summed E-state index contributed by atoms with van der Waals surface area (Å²) in [7, 11) is 0. The van der Waals surface area contributed by atoms with Gasteiger partial charge in [0.15, 0.2) is 0 Å². The number of ether oxygens (including phenoxy) is 1. The molecule has 1 aromatic rings. The number of carbonyl (C=O) groups excluding carboxylic acids is 3. The number of nitrogens with zero attached hydrogens (tertiary/aromatic N) is 1. The molecule has 0 aliphatic carbocycles. The Bertz CT molecular complexity index is 861.